The van der Waals surface area contributed by atoms with Crippen molar-refractivity contribution in [2.75, 3.05) is 6.26 Å². The average molecular weight is 477 g/mol. The second kappa shape index (κ2) is 7.32. The molecule has 0 saturated carbocycles. The van der Waals surface area contributed by atoms with Crippen molar-refractivity contribution >= 4 is 25.8 Å². The number of benzene rings is 2. The number of hydrogen-bond acceptors (Lipinski definition) is 3. The van der Waals surface area contributed by atoms with Crippen molar-refractivity contribution in [2.45, 2.75) is 18.2 Å². The highest BCUT2D eigenvalue weighted by molar-refractivity contribution is 9.10. The average Bonchev–Trinajstić information content (AvgIpc) is 3.03. The molecule has 1 heterocycles. The first-order valence-electron chi connectivity index (χ1n) is 7.83. The van der Waals surface area contributed by atoms with E-state index in [0.29, 0.717) is 22.2 Å². The van der Waals surface area contributed by atoms with Crippen LogP contribution in [-0.4, -0.2) is 24.5 Å². The molecule has 0 N–H and O–H groups in total. The van der Waals surface area contributed by atoms with E-state index < -0.39 is 44.2 Å². The van der Waals surface area contributed by atoms with Gasteiger partial charge in [-0.1, -0.05) is 28.1 Å². The van der Waals surface area contributed by atoms with Gasteiger partial charge in [0.2, 0.25) is 0 Å². The van der Waals surface area contributed by atoms with Gasteiger partial charge in [-0.3, -0.25) is 0 Å². The lowest BCUT2D eigenvalue weighted by Gasteiger charge is -2.11. The highest BCUT2D eigenvalue weighted by atomic mass is 79.9. The number of aryl methyl sites for hydroxylation is 1. The molecule has 0 aliphatic rings. The summed E-state index contributed by atoms with van der Waals surface area (Å²) >= 11 is 3.34. The fraction of sp³-hybridized carbons (Fsp3) is 0.167. The Morgan fingerprint density at radius 3 is 2.32 bits per heavy atom. The zero-order valence-electron chi connectivity index (χ0n) is 14.6. The molecule has 0 unspecified atom stereocenters. The van der Waals surface area contributed by atoms with E-state index in [2.05, 4.69) is 21.0 Å². The summed E-state index contributed by atoms with van der Waals surface area (Å²) in [5.41, 5.74) is 0.311. The van der Waals surface area contributed by atoms with Crippen LogP contribution in [0.5, 0.6) is 0 Å². The van der Waals surface area contributed by atoms with Gasteiger partial charge in [-0.25, -0.2) is 30.7 Å². The van der Waals surface area contributed by atoms with Gasteiger partial charge in [-0.2, -0.15) is 5.10 Å². The molecule has 0 spiro atoms. The van der Waals surface area contributed by atoms with Crippen LogP contribution in [0.3, 0.4) is 0 Å². The highest BCUT2D eigenvalue weighted by Crippen LogP contribution is 2.32. The summed E-state index contributed by atoms with van der Waals surface area (Å²) < 4.78 is 80.0. The monoisotopic (exact) mass is 476 g/mol. The molecule has 0 atom stereocenters. The van der Waals surface area contributed by atoms with E-state index >= 15 is 0 Å². The van der Waals surface area contributed by atoms with Gasteiger partial charge in [0.25, 0.3) is 6.43 Å². The molecule has 0 aliphatic carbocycles. The summed E-state index contributed by atoms with van der Waals surface area (Å²) in [6, 6.07) is 7.20. The van der Waals surface area contributed by atoms with Crippen molar-refractivity contribution in [1.82, 2.24) is 9.78 Å². The first kappa shape index (κ1) is 20.5. The molecule has 28 heavy (non-hydrogen) atoms. The minimum Gasteiger partial charge on any atom is -0.230 e. The normalized spacial score (nSPS) is 12.0. The SMILES string of the molecule is Cc1ccc(-c2cc(C(F)F)nn2-c2cc(F)c(S(C)(=O)=O)cc2F)cc1Br. The maximum absolute atomic E-state index is 14.6. The molecule has 0 bridgehead atoms. The van der Waals surface area contributed by atoms with Gasteiger partial charge in [0.15, 0.2) is 9.84 Å². The Labute approximate surface area is 166 Å². The summed E-state index contributed by atoms with van der Waals surface area (Å²) in [4.78, 5) is -0.824. The second-order valence-corrected chi connectivity index (χ2v) is 8.98. The number of halogens is 5. The van der Waals surface area contributed by atoms with Crippen molar-refractivity contribution in [3.63, 3.8) is 0 Å². The van der Waals surface area contributed by atoms with Gasteiger partial charge in [0.05, 0.1) is 5.69 Å². The number of alkyl halides is 2. The van der Waals surface area contributed by atoms with E-state index in [1.54, 1.807) is 18.2 Å². The molecule has 0 saturated heterocycles. The predicted octanol–water partition coefficient (Wildman–Crippen LogP) is 5.23. The summed E-state index contributed by atoms with van der Waals surface area (Å²) in [6.45, 7) is 1.83. The van der Waals surface area contributed by atoms with Gasteiger partial charge in [-0.15, -0.1) is 0 Å². The Morgan fingerprint density at radius 2 is 1.75 bits per heavy atom. The van der Waals surface area contributed by atoms with E-state index in [0.717, 1.165) is 22.6 Å². The molecule has 0 aliphatic heterocycles. The second-order valence-electron chi connectivity index (χ2n) is 6.14. The smallest absolute Gasteiger partial charge is 0.230 e. The molecule has 0 amide bonds. The minimum atomic E-state index is -4.01. The van der Waals surface area contributed by atoms with Crippen LogP contribution in [0.15, 0.2) is 45.8 Å². The number of sulfone groups is 1. The van der Waals surface area contributed by atoms with Crippen LogP contribution >= 0.6 is 15.9 Å². The Balaban J connectivity index is 2.27. The summed E-state index contributed by atoms with van der Waals surface area (Å²) in [5.74, 6) is -2.32. The van der Waals surface area contributed by atoms with Gasteiger partial charge in [0, 0.05) is 22.4 Å². The maximum atomic E-state index is 14.6. The number of aromatic nitrogens is 2. The first-order chi connectivity index (χ1) is 13.0. The topological polar surface area (TPSA) is 52.0 Å². The van der Waals surface area contributed by atoms with E-state index in [4.69, 9.17) is 0 Å². The standard InChI is InChI=1S/C18H13BrF4N2O2S/c1-9-3-4-10(5-11(9)19)15-8-14(18(22)23)24-25(15)16-6-13(21)17(7-12(16)20)28(2,26)27/h3-8,18H,1-2H3. The summed E-state index contributed by atoms with van der Waals surface area (Å²) in [6.07, 6.45) is -2.19. The van der Waals surface area contributed by atoms with Gasteiger partial charge in [0.1, 0.15) is 27.9 Å². The molecule has 0 fully saturated rings. The molecule has 148 valence electrons. The van der Waals surface area contributed by atoms with Crippen molar-refractivity contribution in [3.05, 3.63) is 63.8 Å². The zero-order chi connectivity index (χ0) is 20.8. The Morgan fingerprint density at radius 1 is 1.07 bits per heavy atom. The largest absolute Gasteiger partial charge is 0.282 e. The number of rotatable bonds is 4. The maximum Gasteiger partial charge on any atom is 0.282 e. The molecule has 3 aromatic rings. The van der Waals surface area contributed by atoms with Gasteiger partial charge < -0.3 is 0 Å². The van der Waals surface area contributed by atoms with Crippen LogP contribution in [0.25, 0.3) is 16.9 Å². The molecule has 1 aromatic heterocycles. The van der Waals surface area contributed by atoms with Crippen LogP contribution in [0, 0.1) is 18.6 Å². The highest BCUT2D eigenvalue weighted by Gasteiger charge is 2.23. The fourth-order valence-corrected chi connectivity index (χ4v) is 3.72. The minimum absolute atomic E-state index is 0.0985. The zero-order valence-corrected chi connectivity index (χ0v) is 17.0. The third-order valence-corrected chi connectivity index (χ3v) is 6.01. The number of hydrogen-bond donors (Lipinski definition) is 0. The van der Waals surface area contributed by atoms with Crippen molar-refractivity contribution < 1.29 is 26.0 Å². The third kappa shape index (κ3) is 3.83. The number of nitrogens with zero attached hydrogens (tertiary/aromatic N) is 2. The molecule has 2 aromatic carbocycles. The van der Waals surface area contributed by atoms with Gasteiger partial charge >= 0.3 is 0 Å². The van der Waals surface area contributed by atoms with Crippen LogP contribution in [-0.2, 0) is 9.84 Å². The summed E-state index contributed by atoms with van der Waals surface area (Å²) in [7, 11) is -4.01. The van der Waals surface area contributed by atoms with Crippen molar-refractivity contribution in [1.29, 1.82) is 0 Å². The fourth-order valence-electron chi connectivity index (χ4n) is 2.61. The first-order valence-corrected chi connectivity index (χ1v) is 10.5. The van der Waals surface area contributed by atoms with Crippen molar-refractivity contribution in [2.24, 2.45) is 0 Å². The lowest BCUT2D eigenvalue weighted by Crippen LogP contribution is -2.08. The molecule has 10 heteroatoms. The molecular formula is C18H13BrF4N2O2S. The molecular weight excluding hydrogens is 464 g/mol. The van der Waals surface area contributed by atoms with Crippen LogP contribution in [0.1, 0.15) is 17.7 Å². The lowest BCUT2D eigenvalue weighted by molar-refractivity contribution is 0.145. The Kier molecular flexibility index (Phi) is 5.37. The lowest BCUT2D eigenvalue weighted by atomic mass is 10.1. The van der Waals surface area contributed by atoms with Crippen LogP contribution < -0.4 is 0 Å². The molecule has 0 radical (unpaired) electrons. The third-order valence-electron chi connectivity index (χ3n) is 4.05. The Bertz CT molecular complexity index is 1180. The summed E-state index contributed by atoms with van der Waals surface area (Å²) in [5, 5.41) is 3.70. The quantitative estimate of drug-likeness (QED) is 0.484. The van der Waals surface area contributed by atoms with E-state index in [9.17, 15) is 26.0 Å². The van der Waals surface area contributed by atoms with Crippen molar-refractivity contribution in [3.8, 4) is 16.9 Å². The van der Waals surface area contributed by atoms with Crippen LogP contribution in [0.4, 0.5) is 17.6 Å². The van der Waals surface area contributed by atoms with E-state index in [-0.39, 0.29) is 5.69 Å². The van der Waals surface area contributed by atoms with E-state index in [1.165, 1.54) is 0 Å². The predicted molar refractivity (Wildman–Crippen MR) is 99.4 cm³/mol. The molecule has 3 rings (SSSR count). The van der Waals surface area contributed by atoms with Gasteiger partial charge in [-0.05, 0) is 30.7 Å². The van der Waals surface area contributed by atoms with E-state index in [1.807, 2.05) is 6.92 Å². The van der Waals surface area contributed by atoms with Crippen LogP contribution in [0.2, 0.25) is 0 Å². The molecule has 4 nitrogen and oxygen atoms in total. The Hall–Kier alpha value is -2.20.